The molecule has 11 heteroatoms. The third-order valence-corrected chi connectivity index (χ3v) is 7.18. The molecule has 35 heavy (non-hydrogen) atoms. The number of rotatable bonds is 6. The number of thioether (sulfide) groups is 1. The van der Waals surface area contributed by atoms with E-state index in [1.54, 1.807) is 25.6 Å². The second kappa shape index (κ2) is 9.88. The van der Waals surface area contributed by atoms with Crippen LogP contribution in [0.1, 0.15) is 31.0 Å². The van der Waals surface area contributed by atoms with Crippen LogP contribution in [0.3, 0.4) is 0 Å². The first-order chi connectivity index (χ1) is 16.7. The molecule has 1 aliphatic heterocycles. The molecule has 2 heterocycles. The van der Waals surface area contributed by atoms with Gasteiger partial charge in [0, 0.05) is 22.6 Å². The molecule has 0 amide bonds. The molecule has 0 radical (unpaired) electrons. The van der Waals surface area contributed by atoms with E-state index in [4.69, 9.17) is 4.74 Å². The Labute approximate surface area is 207 Å². The highest BCUT2D eigenvalue weighted by Crippen LogP contribution is 2.32. The van der Waals surface area contributed by atoms with E-state index in [1.165, 1.54) is 28.8 Å². The number of phenolic OH excluding ortho intramolecular Hbond substituents is 1. The van der Waals surface area contributed by atoms with Crippen LogP contribution in [0.4, 0.5) is 5.69 Å². The molecular weight excluding hydrogens is 490 g/mol. The Balaban J connectivity index is 1.95. The fourth-order valence-electron chi connectivity index (χ4n) is 3.81. The van der Waals surface area contributed by atoms with Crippen molar-refractivity contribution in [3.05, 3.63) is 94.7 Å². The molecule has 2 aromatic carbocycles. The number of nitro groups is 1. The minimum atomic E-state index is -0.762. The first-order valence-electron chi connectivity index (χ1n) is 10.6. The zero-order valence-electron chi connectivity index (χ0n) is 19.0. The van der Waals surface area contributed by atoms with E-state index in [-0.39, 0.29) is 33.7 Å². The summed E-state index contributed by atoms with van der Waals surface area (Å²) in [4.78, 5) is 43.0. The minimum Gasteiger partial charge on any atom is -0.507 e. The SMILES string of the molecule is CCOC(=O)C1=C(C)N=c2s/c(=C/c3cc([N+](=O)[O-])ccc3O)c(=O)n2C1c1ccc(SC)cc1. The van der Waals surface area contributed by atoms with Crippen LogP contribution in [0, 0.1) is 10.1 Å². The number of phenols is 1. The molecule has 3 aromatic rings. The molecule has 1 unspecified atom stereocenters. The van der Waals surface area contributed by atoms with E-state index in [2.05, 4.69) is 4.99 Å². The number of carbonyl (C=O) groups is 1. The number of aromatic hydroxyl groups is 1. The second-order valence-corrected chi connectivity index (χ2v) is 9.46. The molecular formula is C24H21N3O6S2. The van der Waals surface area contributed by atoms with Crippen LogP contribution in [0.15, 0.2) is 68.4 Å². The van der Waals surface area contributed by atoms with E-state index in [1.807, 2.05) is 30.5 Å². The average molecular weight is 512 g/mol. The van der Waals surface area contributed by atoms with E-state index in [9.17, 15) is 24.8 Å². The number of hydrogen-bond donors (Lipinski definition) is 1. The van der Waals surface area contributed by atoms with Gasteiger partial charge in [0.1, 0.15) is 5.75 Å². The standard InChI is InChI=1S/C24H21N3O6S2/c1-4-33-23(30)20-13(2)25-24-26(21(20)14-5-8-17(34-3)9-6-14)22(29)19(35-24)12-15-11-16(27(31)32)7-10-18(15)28/h5-12,21,28H,4H2,1-3H3/b19-12+. The number of fused-ring (bicyclic) bond motifs is 1. The topological polar surface area (TPSA) is 124 Å². The highest BCUT2D eigenvalue weighted by Gasteiger charge is 2.33. The third kappa shape index (κ3) is 4.64. The number of nitrogens with zero attached hydrogens (tertiary/aromatic N) is 3. The van der Waals surface area contributed by atoms with Gasteiger partial charge < -0.3 is 9.84 Å². The monoisotopic (exact) mass is 511 g/mol. The van der Waals surface area contributed by atoms with Crippen LogP contribution in [0.25, 0.3) is 6.08 Å². The molecule has 1 atom stereocenters. The van der Waals surface area contributed by atoms with Gasteiger partial charge >= 0.3 is 5.97 Å². The molecule has 180 valence electrons. The highest BCUT2D eigenvalue weighted by molar-refractivity contribution is 7.98. The van der Waals surface area contributed by atoms with E-state index < -0.39 is 22.5 Å². The lowest BCUT2D eigenvalue weighted by Gasteiger charge is -2.24. The maximum atomic E-state index is 13.6. The number of esters is 1. The summed E-state index contributed by atoms with van der Waals surface area (Å²) in [7, 11) is 0. The first kappa shape index (κ1) is 24.4. The highest BCUT2D eigenvalue weighted by atomic mass is 32.2. The largest absolute Gasteiger partial charge is 0.507 e. The number of carbonyl (C=O) groups excluding carboxylic acids is 1. The first-order valence-corrected chi connectivity index (χ1v) is 12.6. The van der Waals surface area contributed by atoms with Crippen molar-refractivity contribution in [1.82, 2.24) is 4.57 Å². The quantitative estimate of drug-likeness (QED) is 0.233. The van der Waals surface area contributed by atoms with Crippen molar-refractivity contribution >= 4 is 40.8 Å². The number of allylic oxidation sites excluding steroid dienone is 1. The van der Waals surface area contributed by atoms with Crippen LogP contribution < -0.4 is 14.9 Å². The van der Waals surface area contributed by atoms with Gasteiger partial charge in [-0.25, -0.2) is 9.79 Å². The molecule has 1 aliphatic rings. The van der Waals surface area contributed by atoms with Gasteiger partial charge in [-0.05, 0) is 49.9 Å². The summed E-state index contributed by atoms with van der Waals surface area (Å²) in [6, 6.07) is 10.4. The number of aromatic nitrogens is 1. The second-order valence-electron chi connectivity index (χ2n) is 7.58. The van der Waals surface area contributed by atoms with Gasteiger partial charge in [-0.15, -0.1) is 11.8 Å². The van der Waals surface area contributed by atoms with Gasteiger partial charge in [-0.2, -0.15) is 0 Å². The summed E-state index contributed by atoms with van der Waals surface area (Å²) in [6.07, 6.45) is 3.35. The molecule has 0 saturated carbocycles. The van der Waals surface area contributed by atoms with Crippen LogP contribution in [-0.2, 0) is 9.53 Å². The van der Waals surface area contributed by atoms with Gasteiger partial charge in [-0.3, -0.25) is 19.5 Å². The number of ether oxygens (including phenoxy) is 1. The van der Waals surface area contributed by atoms with Gasteiger partial charge in [0.25, 0.3) is 11.2 Å². The van der Waals surface area contributed by atoms with Crippen LogP contribution in [0.2, 0.25) is 0 Å². The lowest BCUT2D eigenvalue weighted by molar-refractivity contribution is -0.384. The van der Waals surface area contributed by atoms with Crippen molar-refractivity contribution in [2.75, 3.05) is 12.9 Å². The number of thiazole rings is 1. The lowest BCUT2D eigenvalue weighted by atomic mass is 9.96. The van der Waals surface area contributed by atoms with Crippen molar-refractivity contribution in [2.45, 2.75) is 24.8 Å². The molecule has 0 fully saturated rings. The Morgan fingerprint density at radius 1 is 1.31 bits per heavy atom. The summed E-state index contributed by atoms with van der Waals surface area (Å²) in [5.41, 5.74) is 0.897. The third-order valence-electron chi connectivity index (χ3n) is 5.46. The van der Waals surface area contributed by atoms with Gasteiger partial charge in [0.05, 0.1) is 33.4 Å². The predicted molar refractivity (Wildman–Crippen MR) is 133 cm³/mol. The minimum absolute atomic E-state index is 0.131. The Hall–Kier alpha value is -3.70. The molecule has 0 aliphatic carbocycles. The predicted octanol–water partition coefficient (Wildman–Crippen LogP) is 3.13. The normalized spacial score (nSPS) is 15.5. The molecule has 4 rings (SSSR count). The molecule has 0 bridgehead atoms. The van der Waals surface area contributed by atoms with Crippen LogP contribution in [-0.4, -0.2) is 33.4 Å². The maximum absolute atomic E-state index is 13.6. The van der Waals surface area contributed by atoms with Gasteiger partial charge in [0.15, 0.2) is 4.80 Å². The fourth-order valence-corrected chi connectivity index (χ4v) is 5.25. The molecule has 1 N–H and O–H groups in total. The summed E-state index contributed by atoms with van der Waals surface area (Å²) in [5.74, 6) is -0.757. The zero-order chi connectivity index (χ0) is 25.3. The number of hydrogen-bond acceptors (Lipinski definition) is 9. The summed E-state index contributed by atoms with van der Waals surface area (Å²) < 4.78 is 6.92. The van der Waals surface area contributed by atoms with Gasteiger partial charge in [0.2, 0.25) is 0 Å². The van der Waals surface area contributed by atoms with Gasteiger partial charge in [-0.1, -0.05) is 23.5 Å². The summed E-state index contributed by atoms with van der Waals surface area (Å²) >= 11 is 2.65. The number of benzene rings is 2. The molecule has 9 nitrogen and oxygen atoms in total. The molecule has 1 aromatic heterocycles. The maximum Gasteiger partial charge on any atom is 0.338 e. The van der Waals surface area contributed by atoms with Crippen LogP contribution in [0.5, 0.6) is 5.75 Å². The van der Waals surface area contributed by atoms with Crippen molar-refractivity contribution in [2.24, 2.45) is 4.99 Å². The molecule has 0 spiro atoms. The average Bonchev–Trinajstić information content (AvgIpc) is 3.14. The van der Waals surface area contributed by atoms with E-state index in [0.717, 1.165) is 16.2 Å². The zero-order valence-corrected chi connectivity index (χ0v) is 20.7. The van der Waals surface area contributed by atoms with Crippen molar-refractivity contribution in [3.63, 3.8) is 0 Å². The van der Waals surface area contributed by atoms with Crippen molar-refractivity contribution < 1.29 is 19.6 Å². The van der Waals surface area contributed by atoms with E-state index >= 15 is 0 Å². The number of nitro benzene ring substituents is 1. The number of non-ortho nitro benzene ring substituents is 1. The Morgan fingerprint density at radius 2 is 2.03 bits per heavy atom. The molecule has 0 saturated heterocycles. The van der Waals surface area contributed by atoms with Crippen LogP contribution >= 0.6 is 23.1 Å². The summed E-state index contributed by atoms with van der Waals surface area (Å²) in [5, 5.41) is 21.4. The van der Waals surface area contributed by atoms with Crippen molar-refractivity contribution in [3.8, 4) is 5.75 Å². The smallest absolute Gasteiger partial charge is 0.338 e. The Morgan fingerprint density at radius 3 is 2.66 bits per heavy atom. The Bertz CT molecular complexity index is 1540. The fraction of sp³-hybridized carbons (Fsp3) is 0.208. The van der Waals surface area contributed by atoms with Crippen molar-refractivity contribution in [1.29, 1.82) is 0 Å². The Kier molecular flexibility index (Phi) is 6.90. The lowest BCUT2D eigenvalue weighted by Crippen LogP contribution is -2.39. The van der Waals surface area contributed by atoms with E-state index in [0.29, 0.717) is 16.1 Å². The summed E-state index contributed by atoms with van der Waals surface area (Å²) in [6.45, 7) is 3.57.